The Morgan fingerprint density at radius 2 is 1.61 bits per heavy atom. The van der Waals surface area contributed by atoms with Crippen molar-refractivity contribution < 1.29 is 9.90 Å². The SMILES string of the molecule is O=C(N[C@H](CO)c1ccccc1)c1cc2cnc1CCCCCCCCCC2. The molecule has 28 heavy (non-hydrogen) atoms. The molecule has 2 aliphatic rings. The zero-order chi connectivity index (χ0) is 19.6. The highest BCUT2D eigenvalue weighted by Gasteiger charge is 2.19. The lowest BCUT2D eigenvalue weighted by Gasteiger charge is -2.18. The van der Waals surface area contributed by atoms with Crippen LogP contribution >= 0.6 is 0 Å². The number of carbonyl (C=O) groups is 1. The highest BCUT2D eigenvalue weighted by molar-refractivity contribution is 5.95. The molecule has 0 unspecified atom stereocenters. The fourth-order valence-electron chi connectivity index (χ4n) is 3.91. The van der Waals surface area contributed by atoms with Crippen LogP contribution in [0.1, 0.15) is 84.6 Å². The number of fused-ring (bicyclic) bond motifs is 11. The molecule has 0 fully saturated rings. The minimum atomic E-state index is -0.407. The quantitative estimate of drug-likeness (QED) is 0.803. The van der Waals surface area contributed by atoms with Gasteiger partial charge >= 0.3 is 0 Å². The summed E-state index contributed by atoms with van der Waals surface area (Å²) in [4.78, 5) is 17.7. The van der Waals surface area contributed by atoms with Gasteiger partial charge in [0.05, 0.1) is 23.9 Å². The molecule has 4 rings (SSSR count). The Labute approximate surface area is 168 Å². The monoisotopic (exact) mass is 380 g/mol. The summed E-state index contributed by atoms with van der Waals surface area (Å²) in [5, 5.41) is 12.8. The van der Waals surface area contributed by atoms with E-state index < -0.39 is 6.04 Å². The number of carbonyl (C=O) groups excluding carboxylic acids is 1. The second-order valence-electron chi connectivity index (χ2n) is 7.79. The molecule has 1 aliphatic carbocycles. The summed E-state index contributed by atoms with van der Waals surface area (Å²) in [7, 11) is 0. The van der Waals surface area contributed by atoms with Crippen molar-refractivity contribution in [2.45, 2.75) is 70.3 Å². The molecule has 4 heteroatoms. The molecule has 150 valence electrons. The van der Waals surface area contributed by atoms with E-state index in [2.05, 4.69) is 10.3 Å². The van der Waals surface area contributed by atoms with E-state index in [9.17, 15) is 9.90 Å². The van der Waals surface area contributed by atoms with Crippen LogP contribution in [0.5, 0.6) is 0 Å². The Morgan fingerprint density at radius 3 is 2.29 bits per heavy atom. The van der Waals surface area contributed by atoms with E-state index in [-0.39, 0.29) is 12.5 Å². The Hall–Kier alpha value is -2.20. The summed E-state index contributed by atoms with van der Waals surface area (Å²) >= 11 is 0. The van der Waals surface area contributed by atoms with Gasteiger partial charge in [-0.25, -0.2) is 0 Å². The molecule has 1 aliphatic heterocycles. The molecule has 0 radical (unpaired) electrons. The van der Waals surface area contributed by atoms with Gasteiger partial charge in [-0.1, -0.05) is 68.9 Å². The normalized spacial score (nSPS) is 16.9. The first-order valence-electron chi connectivity index (χ1n) is 10.7. The Balaban J connectivity index is 1.79. The van der Waals surface area contributed by atoms with Crippen molar-refractivity contribution in [3.63, 3.8) is 0 Å². The van der Waals surface area contributed by atoms with Gasteiger partial charge in [0, 0.05) is 6.20 Å². The molecule has 1 aromatic heterocycles. The number of hydrogen-bond donors (Lipinski definition) is 2. The lowest BCUT2D eigenvalue weighted by Crippen LogP contribution is -2.31. The molecule has 1 atom stereocenters. The number of aryl methyl sites for hydroxylation is 2. The van der Waals surface area contributed by atoms with Gasteiger partial charge in [-0.05, 0) is 42.9 Å². The van der Waals surface area contributed by atoms with Gasteiger partial charge in [0.2, 0.25) is 0 Å². The number of nitrogens with one attached hydrogen (secondary N) is 1. The lowest BCUT2D eigenvalue weighted by molar-refractivity contribution is 0.0914. The summed E-state index contributed by atoms with van der Waals surface area (Å²) in [6.45, 7) is -0.127. The molecule has 0 saturated carbocycles. The summed E-state index contributed by atoms with van der Waals surface area (Å²) in [5.74, 6) is -0.139. The highest BCUT2D eigenvalue weighted by Crippen LogP contribution is 2.19. The summed E-state index contributed by atoms with van der Waals surface area (Å²) in [5.41, 5.74) is 3.59. The molecule has 4 nitrogen and oxygen atoms in total. The summed E-state index contributed by atoms with van der Waals surface area (Å²) in [6.07, 6.45) is 13.6. The van der Waals surface area contributed by atoms with Crippen LogP contribution in [0.4, 0.5) is 0 Å². The molecule has 2 bridgehead atoms. The average Bonchev–Trinajstić information content (AvgIpc) is 2.74. The van der Waals surface area contributed by atoms with Crippen molar-refractivity contribution in [1.82, 2.24) is 10.3 Å². The molecule has 0 spiro atoms. The number of hydrogen-bond acceptors (Lipinski definition) is 3. The maximum absolute atomic E-state index is 13.1. The van der Waals surface area contributed by atoms with Gasteiger partial charge in [0.25, 0.3) is 5.91 Å². The number of rotatable bonds is 4. The number of aromatic nitrogens is 1. The van der Waals surface area contributed by atoms with Crippen LogP contribution < -0.4 is 5.32 Å². The zero-order valence-corrected chi connectivity index (χ0v) is 16.7. The lowest BCUT2D eigenvalue weighted by atomic mass is 9.98. The van der Waals surface area contributed by atoms with E-state index in [4.69, 9.17) is 0 Å². The first kappa shape index (κ1) is 20.5. The number of benzene rings is 1. The number of nitrogens with zero attached hydrogens (tertiary/aromatic N) is 1. The van der Waals surface area contributed by atoms with Gasteiger partial charge in [0.1, 0.15) is 0 Å². The zero-order valence-electron chi connectivity index (χ0n) is 16.7. The van der Waals surface area contributed by atoms with Crippen molar-refractivity contribution in [3.05, 3.63) is 65.0 Å². The predicted molar refractivity (Wildman–Crippen MR) is 112 cm³/mol. The molecule has 1 amide bonds. The first-order valence-corrected chi connectivity index (χ1v) is 10.7. The van der Waals surface area contributed by atoms with E-state index in [1.807, 2.05) is 42.6 Å². The number of amides is 1. The Morgan fingerprint density at radius 1 is 0.964 bits per heavy atom. The van der Waals surface area contributed by atoms with Crippen molar-refractivity contribution >= 4 is 5.91 Å². The Kier molecular flexibility index (Phi) is 8.04. The Bertz CT molecular complexity index is 746. The summed E-state index contributed by atoms with van der Waals surface area (Å²) < 4.78 is 0. The molecule has 0 saturated heterocycles. The smallest absolute Gasteiger partial charge is 0.253 e. The van der Waals surface area contributed by atoms with Crippen LogP contribution in [-0.4, -0.2) is 22.6 Å². The second-order valence-corrected chi connectivity index (χ2v) is 7.79. The molecule has 1 aromatic carbocycles. The standard InChI is InChI=1S/C24H32N2O2/c27-18-23(20-13-9-7-10-14-20)26-24(28)21-16-19-12-8-5-3-1-2-4-6-11-15-22(21)25-17-19/h7,9-10,13-14,16-17,23,27H,1-6,8,11-12,15,18H2,(H,26,28)/t23-/m1/s1. The van der Waals surface area contributed by atoms with Crippen molar-refractivity contribution in [3.8, 4) is 0 Å². The minimum Gasteiger partial charge on any atom is -0.394 e. The minimum absolute atomic E-state index is 0.127. The molecule has 2 aromatic rings. The summed E-state index contributed by atoms with van der Waals surface area (Å²) in [6, 6.07) is 11.2. The average molecular weight is 381 g/mol. The van der Waals surface area contributed by atoms with E-state index in [1.165, 1.54) is 38.5 Å². The molecule has 2 N–H and O–H groups in total. The van der Waals surface area contributed by atoms with Gasteiger partial charge in [-0.15, -0.1) is 0 Å². The van der Waals surface area contributed by atoms with Gasteiger partial charge in [0.15, 0.2) is 0 Å². The third-order valence-corrected chi connectivity index (χ3v) is 5.59. The van der Waals surface area contributed by atoms with E-state index in [1.54, 1.807) is 0 Å². The van der Waals surface area contributed by atoms with E-state index >= 15 is 0 Å². The maximum atomic E-state index is 13.1. The topological polar surface area (TPSA) is 62.2 Å². The third-order valence-electron chi connectivity index (χ3n) is 5.59. The van der Waals surface area contributed by atoms with Crippen LogP contribution in [0, 0.1) is 0 Å². The largest absolute Gasteiger partial charge is 0.394 e. The molecular formula is C24H32N2O2. The second kappa shape index (κ2) is 11.0. The van der Waals surface area contributed by atoms with Crippen molar-refractivity contribution in [1.29, 1.82) is 0 Å². The predicted octanol–water partition coefficient (Wildman–Crippen LogP) is 4.76. The van der Waals surface area contributed by atoms with Crippen LogP contribution in [0.25, 0.3) is 0 Å². The molecule has 2 heterocycles. The van der Waals surface area contributed by atoms with Crippen LogP contribution in [0.2, 0.25) is 0 Å². The number of aliphatic hydroxyl groups is 1. The van der Waals surface area contributed by atoms with Crippen LogP contribution in [-0.2, 0) is 12.8 Å². The fourth-order valence-corrected chi connectivity index (χ4v) is 3.91. The van der Waals surface area contributed by atoms with Crippen LogP contribution in [0.3, 0.4) is 0 Å². The third kappa shape index (κ3) is 5.90. The highest BCUT2D eigenvalue weighted by atomic mass is 16.3. The van der Waals surface area contributed by atoms with Crippen LogP contribution in [0.15, 0.2) is 42.6 Å². The van der Waals surface area contributed by atoms with E-state index in [0.29, 0.717) is 5.56 Å². The molecular weight excluding hydrogens is 348 g/mol. The van der Waals surface area contributed by atoms with Gasteiger partial charge in [-0.3, -0.25) is 9.78 Å². The first-order chi connectivity index (χ1) is 13.8. The van der Waals surface area contributed by atoms with Crippen molar-refractivity contribution in [2.75, 3.05) is 6.61 Å². The number of pyridine rings is 1. The van der Waals surface area contributed by atoms with Gasteiger partial charge in [-0.2, -0.15) is 0 Å². The van der Waals surface area contributed by atoms with Crippen molar-refractivity contribution in [2.24, 2.45) is 0 Å². The maximum Gasteiger partial charge on any atom is 0.253 e. The fraction of sp³-hybridized carbons (Fsp3) is 0.500. The number of aliphatic hydroxyl groups excluding tert-OH is 1. The van der Waals surface area contributed by atoms with Gasteiger partial charge < -0.3 is 10.4 Å². The van der Waals surface area contributed by atoms with E-state index in [0.717, 1.165) is 42.5 Å².